The van der Waals surface area contributed by atoms with Gasteiger partial charge < -0.3 is 10.1 Å². The highest BCUT2D eigenvalue weighted by atomic mass is 32.1. The van der Waals surface area contributed by atoms with Crippen molar-refractivity contribution < 1.29 is 4.74 Å². The van der Waals surface area contributed by atoms with E-state index in [1.165, 1.54) is 16.4 Å². The predicted octanol–water partition coefficient (Wildman–Crippen LogP) is 1.20. The highest BCUT2D eigenvalue weighted by Crippen LogP contribution is 2.14. The molecule has 0 bridgehead atoms. The molecule has 1 aliphatic rings. The van der Waals surface area contributed by atoms with Crippen LogP contribution in [0.25, 0.3) is 0 Å². The molecule has 2 unspecified atom stereocenters. The molecule has 1 aromatic rings. The third kappa shape index (κ3) is 2.73. The summed E-state index contributed by atoms with van der Waals surface area (Å²) in [6.45, 7) is 3.89. The van der Waals surface area contributed by atoms with E-state index in [0.717, 1.165) is 26.0 Å². The Balaban J connectivity index is 1.75. The SMILES string of the molecule is CC1CC(NCc2cnns2)CCO1. The molecule has 2 atom stereocenters. The molecule has 0 aromatic carbocycles. The van der Waals surface area contributed by atoms with Gasteiger partial charge in [0.05, 0.1) is 17.2 Å². The number of rotatable bonds is 3. The average Bonchev–Trinajstić information content (AvgIpc) is 2.67. The molecule has 0 amide bonds. The van der Waals surface area contributed by atoms with Crippen LogP contribution < -0.4 is 5.32 Å². The van der Waals surface area contributed by atoms with Gasteiger partial charge in [-0.2, -0.15) is 0 Å². The van der Waals surface area contributed by atoms with Crippen LogP contribution in [0.1, 0.15) is 24.6 Å². The monoisotopic (exact) mass is 213 g/mol. The lowest BCUT2D eigenvalue weighted by atomic mass is 10.0. The van der Waals surface area contributed by atoms with Gasteiger partial charge in [-0.15, -0.1) is 5.10 Å². The molecule has 14 heavy (non-hydrogen) atoms. The van der Waals surface area contributed by atoms with Crippen molar-refractivity contribution in [3.8, 4) is 0 Å². The molecule has 0 saturated carbocycles. The first-order chi connectivity index (χ1) is 6.84. The van der Waals surface area contributed by atoms with Crippen LogP contribution in [-0.2, 0) is 11.3 Å². The Morgan fingerprint density at radius 3 is 3.36 bits per heavy atom. The first-order valence-electron chi connectivity index (χ1n) is 4.96. The third-order valence-corrected chi connectivity index (χ3v) is 3.12. The van der Waals surface area contributed by atoms with Crippen molar-refractivity contribution in [2.75, 3.05) is 6.61 Å². The van der Waals surface area contributed by atoms with E-state index in [2.05, 4.69) is 21.8 Å². The molecular weight excluding hydrogens is 198 g/mol. The molecule has 1 saturated heterocycles. The fraction of sp³-hybridized carbons (Fsp3) is 0.778. The minimum atomic E-state index is 0.390. The van der Waals surface area contributed by atoms with Gasteiger partial charge in [-0.05, 0) is 31.3 Å². The summed E-state index contributed by atoms with van der Waals surface area (Å²) < 4.78 is 9.31. The molecular formula is C9H15N3OS. The minimum absolute atomic E-state index is 0.390. The number of nitrogens with zero attached hydrogens (tertiary/aromatic N) is 2. The van der Waals surface area contributed by atoms with Crippen LogP contribution >= 0.6 is 11.5 Å². The van der Waals surface area contributed by atoms with Crippen molar-refractivity contribution in [3.05, 3.63) is 11.1 Å². The largest absolute Gasteiger partial charge is 0.378 e. The maximum Gasteiger partial charge on any atom is 0.0666 e. The Morgan fingerprint density at radius 2 is 2.64 bits per heavy atom. The van der Waals surface area contributed by atoms with Crippen molar-refractivity contribution in [1.82, 2.24) is 14.9 Å². The summed E-state index contributed by atoms with van der Waals surface area (Å²) in [4.78, 5) is 1.20. The van der Waals surface area contributed by atoms with Gasteiger partial charge in [0.15, 0.2) is 0 Å². The number of nitrogens with one attached hydrogen (secondary N) is 1. The minimum Gasteiger partial charge on any atom is -0.378 e. The number of hydrogen-bond acceptors (Lipinski definition) is 5. The summed E-state index contributed by atoms with van der Waals surface area (Å²) >= 11 is 1.46. The van der Waals surface area contributed by atoms with E-state index in [9.17, 15) is 0 Å². The average molecular weight is 213 g/mol. The van der Waals surface area contributed by atoms with Crippen LogP contribution in [0.5, 0.6) is 0 Å². The van der Waals surface area contributed by atoms with Gasteiger partial charge in [0, 0.05) is 19.2 Å². The van der Waals surface area contributed by atoms with E-state index in [1.54, 1.807) is 0 Å². The van der Waals surface area contributed by atoms with Gasteiger partial charge in [0.2, 0.25) is 0 Å². The molecule has 0 radical (unpaired) electrons. The van der Waals surface area contributed by atoms with Crippen molar-refractivity contribution in [3.63, 3.8) is 0 Å². The lowest BCUT2D eigenvalue weighted by Crippen LogP contribution is -2.37. The fourth-order valence-electron chi connectivity index (χ4n) is 1.69. The van der Waals surface area contributed by atoms with Crippen LogP contribution in [0, 0.1) is 0 Å². The molecule has 4 nitrogen and oxygen atoms in total. The van der Waals surface area contributed by atoms with Crippen molar-refractivity contribution in [2.45, 2.75) is 38.5 Å². The van der Waals surface area contributed by atoms with Gasteiger partial charge in [0.1, 0.15) is 0 Å². The third-order valence-electron chi connectivity index (χ3n) is 2.46. The van der Waals surface area contributed by atoms with Crippen LogP contribution in [0.15, 0.2) is 6.20 Å². The molecule has 1 aliphatic heterocycles. The lowest BCUT2D eigenvalue weighted by Gasteiger charge is -2.27. The lowest BCUT2D eigenvalue weighted by molar-refractivity contribution is 0.0131. The molecule has 5 heteroatoms. The van der Waals surface area contributed by atoms with Crippen molar-refractivity contribution in [2.24, 2.45) is 0 Å². The van der Waals surface area contributed by atoms with Crippen LogP contribution in [0.3, 0.4) is 0 Å². The molecule has 2 rings (SSSR count). The van der Waals surface area contributed by atoms with Gasteiger partial charge >= 0.3 is 0 Å². The Morgan fingerprint density at radius 1 is 1.71 bits per heavy atom. The van der Waals surface area contributed by atoms with E-state index in [1.807, 2.05) is 6.20 Å². The smallest absolute Gasteiger partial charge is 0.0666 e. The maximum atomic E-state index is 5.48. The topological polar surface area (TPSA) is 47.0 Å². The molecule has 0 spiro atoms. The van der Waals surface area contributed by atoms with Gasteiger partial charge in [-0.25, -0.2) is 0 Å². The first kappa shape index (κ1) is 10.0. The summed E-state index contributed by atoms with van der Waals surface area (Å²) in [6.07, 6.45) is 4.42. The van der Waals surface area contributed by atoms with E-state index >= 15 is 0 Å². The summed E-state index contributed by atoms with van der Waals surface area (Å²) in [5.74, 6) is 0. The zero-order chi connectivity index (χ0) is 9.80. The van der Waals surface area contributed by atoms with Crippen LogP contribution in [0.2, 0.25) is 0 Å². The van der Waals surface area contributed by atoms with E-state index in [4.69, 9.17) is 4.74 Å². The molecule has 1 aromatic heterocycles. The normalized spacial score (nSPS) is 27.8. The molecule has 0 aliphatic carbocycles. The summed E-state index contributed by atoms with van der Waals surface area (Å²) in [7, 11) is 0. The summed E-state index contributed by atoms with van der Waals surface area (Å²) in [5.41, 5.74) is 0. The zero-order valence-corrected chi connectivity index (χ0v) is 9.09. The van der Waals surface area contributed by atoms with Crippen molar-refractivity contribution in [1.29, 1.82) is 0 Å². The number of aromatic nitrogens is 2. The quantitative estimate of drug-likeness (QED) is 0.819. The summed E-state index contributed by atoms with van der Waals surface area (Å²) in [5, 5.41) is 7.31. The summed E-state index contributed by atoms with van der Waals surface area (Å²) in [6, 6.07) is 0.584. The Labute approximate surface area is 87.8 Å². The zero-order valence-electron chi connectivity index (χ0n) is 8.27. The fourth-order valence-corrected chi connectivity index (χ4v) is 2.14. The maximum absolute atomic E-state index is 5.48. The molecule has 78 valence electrons. The van der Waals surface area contributed by atoms with Gasteiger partial charge in [-0.3, -0.25) is 0 Å². The Bertz CT molecular complexity index is 265. The van der Waals surface area contributed by atoms with E-state index in [0.29, 0.717) is 12.1 Å². The number of ether oxygens (including phenoxy) is 1. The standard InChI is InChI=1S/C9H15N3OS/c1-7-4-8(2-3-13-7)10-5-9-6-11-12-14-9/h6-8,10H,2-5H2,1H3. The highest BCUT2D eigenvalue weighted by molar-refractivity contribution is 7.05. The Hall–Kier alpha value is -0.520. The molecule has 2 heterocycles. The Kier molecular flexibility index (Phi) is 3.44. The van der Waals surface area contributed by atoms with Crippen LogP contribution in [-0.4, -0.2) is 28.3 Å². The number of hydrogen-bond donors (Lipinski definition) is 1. The highest BCUT2D eigenvalue weighted by Gasteiger charge is 2.18. The second-order valence-corrected chi connectivity index (χ2v) is 4.54. The van der Waals surface area contributed by atoms with E-state index in [-0.39, 0.29) is 0 Å². The van der Waals surface area contributed by atoms with Crippen LogP contribution in [0.4, 0.5) is 0 Å². The first-order valence-corrected chi connectivity index (χ1v) is 5.73. The van der Waals surface area contributed by atoms with Crippen molar-refractivity contribution >= 4 is 11.5 Å². The predicted molar refractivity (Wildman–Crippen MR) is 55.2 cm³/mol. The van der Waals surface area contributed by atoms with Gasteiger partial charge in [-0.1, -0.05) is 4.49 Å². The van der Waals surface area contributed by atoms with E-state index < -0.39 is 0 Å². The second-order valence-electron chi connectivity index (χ2n) is 3.67. The molecule has 1 N–H and O–H groups in total. The molecule has 1 fully saturated rings. The second kappa shape index (κ2) is 4.82. The van der Waals surface area contributed by atoms with Gasteiger partial charge in [0.25, 0.3) is 0 Å².